The predicted octanol–water partition coefficient (Wildman–Crippen LogP) is 3.87. The molecule has 1 heterocycles. The van der Waals surface area contributed by atoms with Crippen molar-refractivity contribution in [2.24, 2.45) is 0 Å². The van der Waals surface area contributed by atoms with Gasteiger partial charge in [-0.25, -0.2) is 4.68 Å². The fourth-order valence-electron chi connectivity index (χ4n) is 2.87. The average molecular weight is 240 g/mol. The van der Waals surface area contributed by atoms with Crippen LogP contribution in [0.25, 0.3) is 5.69 Å². The van der Waals surface area contributed by atoms with E-state index < -0.39 is 0 Å². The van der Waals surface area contributed by atoms with Crippen molar-refractivity contribution in [2.45, 2.75) is 45.4 Å². The zero-order chi connectivity index (χ0) is 12.5. The van der Waals surface area contributed by atoms with Crippen molar-refractivity contribution in [1.29, 1.82) is 0 Å². The number of para-hydroxylation sites is 1. The molecule has 0 aliphatic heterocycles. The number of fused-ring (bicyclic) bond motifs is 1. The zero-order valence-corrected chi connectivity index (χ0v) is 11.2. The molecule has 0 bridgehead atoms. The normalized spacial score (nSPS) is 14.8. The van der Waals surface area contributed by atoms with Gasteiger partial charge in [0.15, 0.2) is 0 Å². The number of benzene rings is 1. The first-order valence-corrected chi connectivity index (χ1v) is 6.93. The van der Waals surface area contributed by atoms with Crippen LogP contribution in [0.3, 0.4) is 0 Å². The van der Waals surface area contributed by atoms with Crippen LogP contribution in [0.2, 0.25) is 0 Å². The Morgan fingerprint density at radius 3 is 2.50 bits per heavy atom. The SMILES string of the molecule is CC(C)c1nn(-c2ccccc2)c2c1CCCC2. The van der Waals surface area contributed by atoms with Crippen LogP contribution in [0.15, 0.2) is 30.3 Å². The molecule has 2 aromatic rings. The summed E-state index contributed by atoms with van der Waals surface area (Å²) in [5.74, 6) is 0.516. The van der Waals surface area contributed by atoms with E-state index >= 15 is 0 Å². The van der Waals surface area contributed by atoms with Crippen LogP contribution >= 0.6 is 0 Å². The third-order valence-electron chi connectivity index (χ3n) is 3.76. The molecule has 0 amide bonds. The Hall–Kier alpha value is -1.57. The van der Waals surface area contributed by atoms with Gasteiger partial charge in [0.2, 0.25) is 0 Å². The van der Waals surface area contributed by atoms with Gasteiger partial charge in [0.1, 0.15) is 0 Å². The van der Waals surface area contributed by atoms with Crippen molar-refractivity contribution in [3.63, 3.8) is 0 Å². The molecular weight excluding hydrogens is 220 g/mol. The van der Waals surface area contributed by atoms with E-state index in [2.05, 4.69) is 48.9 Å². The van der Waals surface area contributed by atoms with Crippen molar-refractivity contribution in [2.75, 3.05) is 0 Å². The Morgan fingerprint density at radius 1 is 1.06 bits per heavy atom. The standard InChI is InChI=1S/C16H20N2/c1-12(2)16-14-10-6-7-11-15(14)18(17-16)13-8-4-3-5-9-13/h3-5,8-9,12H,6-7,10-11H2,1-2H3. The highest BCUT2D eigenvalue weighted by Crippen LogP contribution is 2.30. The van der Waals surface area contributed by atoms with Crippen LogP contribution in [0, 0.1) is 0 Å². The van der Waals surface area contributed by atoms with Gasteiger partial charge < -0.3 is 0 Å². The molecule has 1 aromatic carbocycles. The second-order valence-electron chi connectivity index (χ2n) is 5.42. The van der Waals surface area contributed by atoms with E-state index in [1.165, 1.54) is 48.3 Å². The zero-order valence-electron chi connectivity index (χ0n) is 11.2. The Kier molecular flexibility index (Phi) is 2.94. The highest BCUT2D eigenvalue weighted by atomic mass is 15.3. The summed E-state index contributed by atoms with van der Waals surface area (Å²) in [6, 6.07) is 10.5. The second-order valence-corrected chi connectivity index (χ2v) is 5.42. The molecule has 1 aromatic heterocycles. The van der Waals surface area contributed by atoms with E-state index in [9.17, 15) is 0 Å². The molecule has 0 unspecified atom stereocenters. The van der Waals surface area contributed by atoms with E-state index in [-0.39, 0.29) is 0 Å². The molecule has 0 fully saturated rings. The Balaban J connectivity index is 2.15. The first-order valence-electron chi connectivity index (χ1n) is 6.93. The summed E-state index contributed by atoms with van der Waals surface area (Å²) < 4.78 is 2.17. The van der Waals surface area contributed by atoms with E-state index in [4.69, 9.17) is 5.10 Å². The molecule has 0 radical (unpaired) electrons. The molecular formula is C16H20N2. The minimum absolute atomic E-state index is 0.516. The Labute approximate surface area is 109 Å². The van der Waals surface area contributed by atoms with Gasteiger partial charge in [0.05, 0.1) is 11.4 Å². The minimum atomic E-state index is 0.516. The molecule has 0 saturated carbocycles. The molecule has 3 rings (SSSR count). The number of rotatable bonds is 2. The first-order chi connectivity index (χ1) is 8.77. The summed E-state index contributed by atoms with van der Waals surface area (Å²) in [5.41, 5.74) is 5.45. The minimum Gasteiger partial charge on any atom is -0.237 e. The third kappa shape index (κ3) is 1.86. The van der Waals surface area contributed by atoms with Crippen molar-refractivity contribution in [3.05, 3.63) is 47.3 Å². The first kappa shape index (κ1) is 11.5. The Morgan fingerprint density at radius 2 is 1.78 bits per heavy atom. The highest BCUT2D eigenvalue weighted by Gasteiger charge is 2.22. The van der Waals surface area contributed by atoms with Crippen molar-refractivity contribution < 1.29 is 0 Å². The van der Waals surface area contributed by atoms with Gasteiger partial charge >= 0.3 is 0 Å². The van der Waals surface area contributed by atoms with Crippen molar-refractivity contribution in [1.82, 2.24) is 9.78 Å². The van der Waals surface area contributed by atoms with Gasteiger partial charge in [-0.15, -0.1) is 0 Å². The largest absolute Gasteiger partial charge is 0.237 e. The lowest BCUT2D eigenvalue weighted by Crippen LogP contribution is -2.07. The predicted molar refractivity (Wildman–Crippen MR) is 74.3 cm³/mol. The van der Waals surface area contributed by atoms with Crippen LogP contribution < -0.4 is 0 Å². The van der Waals surface area contributed by atoms with E-state index in [0.717, 1.165) is 0 Å². The van der Waals surface area contributed by atoms with Gasteiger partial charge in [-0.1, -0.05) is 32.0 Å². The highest BCUT2D eigenvalue weighted by molar-refractivity contribution is 5.39. The molecule has 94 valence electrons. The van der Waals surface area contributed by atoms with Gasteiger partial charge in [0.25, 0.3) is 0 Å². The average Bonchev–Trinajstić information content (AvgIpc) is 2.79. The smallest absolute Gasteiger partial charge is 0.0689 e. The molecule has 2 heteroatoms. The molecule has 1 aliphatic rings. The van der Waals surface area contributed by atoms with Crippen LogP contribution in [-0.2, 0) is 12.8 Å². The van der Waals surface area contributed by atoms with E-state index in [1.54, 1.807) is 0 Å². The molecule has 0 atom stereocenters. The fraction of sp³-hybridized carbons (Fsp3) is 0.438. The third-order valence-corrected chi connectivity index (χ3v) is 3.76. The molecule has 2 nitrogen and oxygen atoms in total. The van der Waals surface area contributed by atoms with Crippen molar-refractivity contribution >= 4 is 0 Å². The second kappa shape index (κ2) is 4.60. The van der Waals surface area contributed by atoms with Crippen LogP contribution in [0.5, 0.6) is 0 Å². The van der Waals surface area contributed by atoms with Gasteiger partial charge in [-0.2, -0.15) is 5.10 Å². The quantitative estimate of drug-likeness (QED) is 0.779. The summed E-state index contributed by atoms with van der Waals surface area (Å²) in [7, 11) is 0. The lowest BCUT2D eigenvalue weighted by Gasteiger charge is -2.14. The summed E-state index contributed by atoms with van der Waals surface area (Å²) in [4.78, 5) is 0. The number of hydrogen-bond acceptors (Lipinski definition) is 1. The van der Waals surface area contributed by atoms with Crippen LogP contribution in [0.1, 0.15) is 49.6 Å². The van der Waals surface area contributed by atoms with E-state index in [1.807, 2.05) is 0 Å². The number of aromatic nitrogens is 2. The van der Waals surface area contributed by atoms with Gasteiger partial charge in [-0.05, 0) is 49.3 Å². The molecule has 18 heavy (non-hydrogen) atoms. The maximum atomic E-state index is 4.88. The molecule has 0 N–H and O–H groups in total. The Bertz CT molecular complexity index is 538. The molecule has 0 saturated heterocycles. The van der Waals surface area contributed by atoms with Gasteiger partial charge in [0, 0.05) is 5.69 Å². The number of hydrogen-bond donors (Lipinski definition) is 0. The lowest BCUT2D eigenvalue weighted by atomic mass is 9.92. The summed E-state index contributed by atoms with van der Waals surface area (Å²) in [6.07, 6.45) is 4.98. The summed E-state index contributed by atoms with van der Waals surface area (Å²) >= 11 is 0. The molecule has 1 aliphatic carbocycles. The number of nitrogens with zero attached hydrogens (tertiary/aromatic N) is 2. The molecule has 0 spiro atoms. The summed E-state index contributed by atoms with van der Waals surface area (Å²) in [5, 5.41) is 4.88. The lowest BCUT2D eigenvalue weighted by molar-refractivity contribution is 0.652. The maximum absolute atomic E-state index is 4.88. The van der Waals surface area contributed by atoms with Crippen LogP contribution in [-0.4, -0.2) is 9.78 Å². The topological polar surface area (TPSA) is 17.8 Å². The van der Waals surface area contributed by atoms with Crippen molar-refractivity contribution in [3.8, 4) is 5.69 Å². The monoisotopic (exact) mass is 240 g/mol. The van der Waals surface area contributed by atoms with Gasteiger partial charge in [-0.3, -0.25) is 0 Å². The van der Waals surface area contributed by atoms with Crippen LogP contribution in [0.4, 0.5) is 0 Å². The summed E-state index contributed by atoms with van der Waals surface area (Å²) in [6.45, 7) is 4.49. The fourth-order valence-corrected chi connectivity index (χ4v) is 2.87. The maximum Gasteiger partial charge on any atom is 0.0689 e. The van der Waals surface area contributed by atoms with E-state index in [0.29, 0.717) is 5.92 Å².